The maximum absolute atomic E-state index is 11.3. The van der Waals surface area contributed by atoms with Crippen LogP contribution in [0.15, 0.2) is 42.5 Å². The first kappa shape index (κ1) is 13.1. The van der Waals surface area contributed by atoms with E-state index in [0.29, 0.717) is 5.88 Å². The van der Waals surface area contributed by atoms with Gasteiger partial charge in [0.05, 0.1) is 26.3 Å². The zero-order valence-electron chi connectivity index (χ0n) is 10.9. The summed E-state index contributed by atoms with van der Waals surface area (Å²) < 4.78 is 9.76. The Morgan fingerprint density at radius 1 is 1.16 bits per heavy atom. The summed E-state index contributed by atoms with van der Waals surface area (Å²) in [6, 6.07) is 13.2. The van der Waals surface area contributed by atoms with Crippen LogP contribution in [0.25, 0.3) is 11.3 Å². The van der Waals surface area contributed by atoms with Gasteiger partial charge in [-0.15, -0.1) is 0 Å². The van der Waals surface area contributed by atoms with Crippen molar-refractivity contribution in [3.63, 3.8) is 0 Å². The molecule has 0 N–H and O–H groups in total. The highest BCUT2D eigenvalue weighted by molar-refractivity contribution is 5.73. The molecule has 0 spiro atoms. The monoisotopic (exact) mass is 257 g/mol. The Morgan fingerprint density at radius 3 is 2.68 bits per heavy atom. The van der Waals surface area contributed by atoms with Gasteiger partial charge in [0.2, 0.25) is 5.88 Å². The standard InChI is InChI=1S/C15H15NO3/c1-18-14-8-4-7-13(16-14)12-6-3-5-11(9-12)10-15(17)19-2/h3-9H,10H2,1-2H3. The second-order valence-electron chi connectivity index (χ2n) is 4.02. The fourth-order valence-electron chi connectivity index (χ4n) is 1.77. The molecular formula is C15H15NO3. The highest BCUT2D eigenvalue weighted by atomic mass is 16.5. The lowest BCUT2D eigenvalue weighted by Crippen LogP contribution is -2.04. The van der Waals surface area contributed by atoms with Crippen molar-refractivity contribution < 1.29 is 14.3 Å². The number of rotatable bonds is 4. The number of esters is 1. The molecule has 0 saturated heterocycles. The number of carbonyl (C=O) groups is 1. The van der Waals surface area contributed by atoms with Crippen molar-refractivity contribution in [2.45, 2.75) is 6.42 Å². The fourth-order valence-corrected chi connectivity index (χ4v) is 1.77. The van der Waals surface area contributed by atoms with Crippen LogP contribution in [0.1, 0.15) is 5.56 Å². The zero-order chi connectivity index (χ0) is 13.7. The molecule has 0 aliphatic rings. The van der Waals surface area contributed by atoms with Crippen LogP contribution in [0.3, 0.4) is 0 Å². The van der Waals surface area contributed by atoms with Crippen LogP contribution in [-0.4, -0.2) is 25.2 Å². The summed E-state index contributed by atoms with van der Waals surface area (Å²) in [5, 5.41) is 0. The van der Waals surface area contributed by atoms with Crippen molar-refractivity contribution >= 4 is 5.97 Å². The van der Waals surface area contributed by atoms with E-state index in [1.165, 1.54) is 7.11 Å². The average molecular weight is 257 g/mol. The minimum Gasteiger partial charge on any atom is -0.481 e. The summed E-state index contributed by atoms with van der Waals surface area (Å²) in [7, 11) is 2.97. The van der Waals surface area contributed by atoms with E-state index in [9.17, 15) is 4.79 Å². The van der Waals surface area contributed by atoms with Gasteiger partial charge in [-0.3, -0.25) is 4.79 Å². The minimum absolute atomic E-state index is 0.254. The van der Waals surface area contributed by atoms with Gasteiger partial charge in [-0.1, -0.05) is 24.3 Å². The summed E-state index contributed by atoms with van der Waals surface area (Å²) >= 11 is 0. The van der Waals surface area contributed by atoms with Gasteiger partial charge in [0.15, 0.2) is 0 Å². The molecule has 1 aromatic heterocycles. The summed E-state index contributed by atoms with van der Waals surface area (Å²) in [5.41, 5.74) is 2.65. The van der Waals surface area contributed by atoms with Crippen LogP contribution in [-0.2, 0) is 16.0 Å². The second kappa shape index (κ2) is 6.00. The molecule has 2 aromatic rings. The number of benzene rings is 1. The van der Waals surface area contributed by atoms with Crippen molar-refractivity contribution in [2.75, 3.05) is 14.2 Å². The number of pyridine rings is 1. The fraction of sp³-hybridized carbons (Fsp3) is 0.200. The molecule has 2 rings (SSSR count). The molecular weight excluding hydrogens is 242 g/mol. The Bertz CT molecular complexity index is 581. The molecule has 0 fully saturated rings. The van der Waals surface area contributed by atoms with Crippen molar-refractivity contribution in [1.82, 2.24) is 4.98 Å². The average Bonchev–Trinajstić information content (AvgIpc) is 2.47. The van der Waals surface area contributed by atoms with Crippen LogP contribution in [0.5, 0.6) is 5.88 Å². The van der Waals surface area contributed by atoms with Crippen LogP contribution >= 0.6 is 0 Å². The number of nitrogens with zero attached hydrogens (tertiary/aromatic N) is 1. The van der Waals surface area contributed by atoms with E-state index >= 15 is 0 Å². The van der Waals surface area contributed by atoms with Crippen molar-refractivity contribution in [2.24, 2.45) is 0 Å². The molecule has 0 aliphatic carbocycles. The highest BCUT2D eigenvalue weighted by Gasteiger charge is 2.06. The molecule has 1 aromatic carbocycles. The van der Waals surface area contributed by atoms with E-state index in [1.54, 1.807) is 13.2 Å². The van der Waals surface area contributed by atoms with E-state index in [2.05, 4.69) is 9.72 Å². The third-order valence-electron chi connectivity index (χ3n) is 2.73. The number of hydrogen-bond acceptors (Lipinski definition) is 4. The summed E-state index contributed by atoms with van der Waals surface area (Å²) in [6.45, 7) is 0. The summed E-state index contributed by atoms with van der Waals surface area (Å²) in [4.78, 5) is 15.6. The lowest BCUT2D eigenvalue weighted by molar-refractivity contribution is -0.139. The minimum atomic E-state index is -0.254. The van der Waals surface area contributed by atoms with Crippen LogP contribution in [0.4, 0.5) is 0 Å². The summed E-state index contributed by atoms with van der Waals surface area (Å²) in [5.74, 6) is 0.312. The van der Waals surface area contributed by atoms with Gasteiger partial charge in [-0.2, -0.15) is 0 Å². The predicted octanol–water partition coefficient (Wildman–Crippen LogP) is 2.47. The molecule has 19 heavy (non-hydrogen) atoms. The highest BCUT2D eigenvalue weighted by Crippen LogP contribution is 2.21. The molecule has 0 aliphatic heterocycles. The molecule has 0 radical (unpaired) electrons. The molecule has 0 bridgehead atoms. The lowest BCUT2D eigenvalue weighted by atomic mass is 10.1. The smallest absolute Gasteiger partial charge is 0.309 e. The summed E-state index contributed by atoms with van der Waals surface area (Å²) in [6.07, 6.45) is 0.258. The van der Waals surface area contributed by atoms with E-state index < -0.39 is 0 Å². The largest absolute Gasteiger partial charge is 0.481 e. The number of methoxy groups -OCH3 is 2. The third-order valence-corrected chi connectivity index (χ3v) is 2.73. The Labute approximate surface area is 112 Å². The first-order valence-corrected chi connectivity index (χ1v) is 5.90. The molecule has 1 heterocycles. The van der Waals surface area contributed by atoms with Gasteiger partial charge in [0.25, 0.3) is 0 Å². The van der Waals surface area contributed by atoms with Crippen LogP contribution in [0, 0.1) is 0 Å². The Balaban J connectivity index is 2.29. The molecule has 4 heteroatoms. The topological polar surface area (TPSA) is 48.4 Å². The van der Waals surface area contributed by atoms with Gasteiger partial charge in [0, 0.05) is 11.6 Å². The van der Waals surface area contributed by atoms with Gasteiger partial charge in [-0.05, 0) is 17.7 Å². The first-order chi connectivity index (χ1) is 9.22. The van der Waals surface area contributed by atoms with Crippen molar-refractivity contribution in [3.05, 3.63) is 48.0 Å². The molecule has 4 nitrogen and oxygen atoms in total. The maximum Gasteiger partial charge on any atom is 0.309 e. The molecule has 98 valence electrons. The SMILES string of the molecule is COC(=O)Cc1cccc(-c2cccc(OC)n2)c1. The molecule has 0 unspecified atom stereocenters. The quantitative estimate of drug-likeness (QED) is 0.789. The van der Waals surface area contributed by atoms with Crippen LogP contribution in [0.2, 0.25) is 0 Å². The Morgan fingerprint density at radius 2 is 1.95 bits per heavy atom. The molecule has 0 amide bonds. The molecule has 0 saturated carbocycles. The van der Waals surface area contributed by atoms with E-state index in [4.69, 9.17) is 4.74 Å². The van der Waals surface area contributed by atoms with E-state index in [-0.39, 0.29) is 12.4 Å². The Hall–Kier alpha value is -2.36. The lowest BCUT2D eigenvalue weighted by Gasteiger charge is -2.06. The van der Waals surface area contributed by atoms with Gasteiger partial charge >= 0.3 is 5.97 Å². The third kappa shape index (κ3) is 3.31. The van der Waals surface area contributed by atoms with Crippen LogP contribution < -0.4 is 4.74 Å². The maximum atomic E-state index is 11.3. The number of hydrogen-bond donors (Lipinski definition) is 0. The Kier molecular flexibility index (Phi) is 4.13. The normalized spacial score (nSPS) is 10.0. The molecule has 0 atom stereocenters. The number of ether oxygens (including phenoxy) is 2. The zero-order valence-corrected chi connectivity index (χ0v) is 10.9. The number of aromatic nitrogens is 1. The van der Waals surface area contributed by atoms with Gasteiger partial charge < -0.3 is 9.47 Å². The van der Waals surface area contributed by atoms with Crippen molar-refractivity contribution in [3.8, 4) is 17.1 Å². The number of carbonyl (C=O) groups excluding carboxylic acids is 1. The van der Waals surface area contributed by atoms with Crippen molar-refractivity contribution in [1.29, 1.82) is 0 Å². The van der Waals surface area contributed by atoms with E-state index in [0.717, 1.165) is 16.8 Å². The van der Waals surface area contributed by atoms with Gasteiger partial charge in [0.1, 0.15) is 0 Å². The predicted molar refractivity (Wildman–Crippen MR) is 71.9 cm³/mol. The second-order valence-corrected chi connectivity index (χ2v) is 4.02. The van der Waals surface area contributed by atoms with E-state index in [1.807, 2.05) is 36.4 Å². The van der Waals surface area contributed by atoms with Gasteiger partial charge in [-0.25, -0.2) is 4.98 Å². The first-order valence-electron chi connectivity index (χ1n) is 5.90.